The lowest BCUT2D eigenvalue weighted by Gasteiger charge is -2.44. The third-order valence-corrected chi connectivity index (χ3v) is 7.91. The molecule has 7 heteroatoms. The van der Waals surface area contributed by atoms with Crippen LogP contribution in [0.5, 0.6) is 0 Å². The van der Waals surface area contributed by atoms with Crippen LogP contribution in [0, 0.1) is 0 Å². The summed E-state index contributed by atoms with van der Waals surface area (Å²) in [6, 6.07) is 21.9. The number of nitrogens with zero attached hydrogens (tertiary/aromatic N) is 5. The molecule has 212 valence electrons. The summed E-state index contributed by atoms with van der Waals surface area (Å²) in [5.74, 6) is -0.0548. The highest BCUT2D eigenvalue weighted by molar-refractivity contribution is 6.08. The Morgan fingerprint density at radius 1 is 0.775 bits per heavy atom. The second-order valence-electron chi connectivity index (χ2n) is 10.9. The van der Waals surface area contributed by atoms with Crippen molar-refractivity contribution in [1.82, 2.24) is 0 Å². The maximum Gasteiger partial charge on any atom is 0.258 e. The molecule has 7 nitrogen and oxygen atoms in total. The minimum absolute atomic E-state index is 0.0190. The number of hydrogen-bond donors (Lipinski definition) is 0. The predicted molar refractivity (Wildman–Crippen MR) is 168 cm³/mol. The Morgan fingerprint density at radius 3 is 1.82 bits per heavy atom. The quantitative estimate of drug-likeness (QED) is 0.340. The lowest BCUT2D eigenvalue weighted by Crippen LogP contribution is -2.47. The summed E-state index contributed by atoms with van der Waals surface area (Å²) in [5, 5.41) is 0. The summed E-state index contributed by atoms with van der Waals surface area (Å²) in [4.78, 5) is 37.3. The molecule has 0 aromatic heterocycles. The van der Waals surface area contributed by atoms with Crippen molar-refractivity contribution in [3.63, 3.8) is 0 Å². The van der Waals surface area contributed by atoms with Crippen molar-refractivity contribution < 1.29 is 9.59 Å². The second kappa shape index (κ2) is 12.0. The van der Waals surface area contributed by atoms with Crippen LogP contribution in [0.25, 0.3) is 0 Å². The molecule has 0 radical (unpaired) electrons. The van der Waals surface area contributed by atoms with Gasteiger partial charge in [0.2, 0.25) is 5.91 Å². The van der Waals surface area contributed by atoms with Crippen molar-refractivity contribution in [2.75, 3.05) is 65.8 Å². The Hall–Kier alpha value is -4.00. The van der Waals surface area contributed by atoms with Crippen LogP contribution >= 0.6 is 0 Å². The lowest BCUT2D eigenvalue weighted by molar-refractivity contribution is -0.117. The van der Waals surface area contributed by atoms with Gasteiger partial charge >= 0.3 is 0 Å². The van der Waals surface area contributed by atoms with Gasteiger partial charge in [0, 0.05) is 82.6 Å². The topological polar surface area (TPSA) is 50.3 Å². The molecule has 3 aromatic carbocycles. The molecule has 3 aromatic rings. The number of rotatable bonds is 8. The summed E-state index contributed by atoms with van der Waals surface area (Å²) < 4.78 is 0. The summed E-state index contributed by atoms with van der Waals surface area (Å²) in [7, 11) is 7.97. The fraction of sp³-hybridized carbons (Fsp3) is 0.394. The monoisotopic (exact) mass is 541 g/mol. The number of carbonyl (C=O) groups excluding carboxylic acids is 2. The third-order valence-electron chi connectivity index (χ3n) is 7.91. The Morgan fingerprint density at radius 2 is 1.30 bits per heavy atom. The smallest absolute Gasteiger partial charge is 0.258 e. The Labute approximate surface area is 239 Å². The molecule has 0 aliphatic carbocycles. The van der Waals surface area contributed by atoms with E-state index in [0.717, 1.165) is 47.1 Å². The number of amides is 2. The van der Waals surface area contributed by atoms with Gasteiger partial charge in [0.05, 0.1) is 11.7 Å². The molecule has 1 heterocycles. The molecule has 0 saturated heterocycles. The molecule has 2 atom stereocenters. The number of fused-ring (bicyclic) bond motifs is 1. The van der Waals surface area contributed by atoms with Crippen LogP contribution in [0.3, 0.4) is 0 Å². The Kier molecular flexibility index (Phi) is 8.72. The number of hydrogen-bond acceptors (Lipinski definition) is 5. The maximum atomic E-state index is 14.0. The van der Waals surface area contributed by atoms with Crippen LogP contribution in [0.1, 0.15) is 56.1 Å². The van der Waals surface area contributed by atoms with Gasteiger partial charge in [-0.1, -0.05) is 6.07 Å². The average Bonchev–Trinajstić information content (AvgIpc) is 2.94. The molecule has 0 fully saturated rings. The van der Waals surface area contributed by atoms with Crippen molar-refractivity contribution in [3.05, 3.63) is 77.9 Å². The van der Waals surface area contributed by atoms with Crippen molar-refractivity contribution in [2.24, 2.45) is 0 Å². The standard InChI is InChI=1S/C33H43N5O2/c1-9-36(10-2)27-15-17-28(18-16-27)38(24(4)39)31-21-23(3)37(32-22-29(35(7)8)19-20-30(31)32)33(40)25-11-13-26(14-12-25)34(5)6/h11-20,22-23,31H,9-10,21H2,1-8H3/t23-,31+/m0/s1. The first kappa shape index (κ1) is 29.0. The second-order valence-corrected chi connectivity index (χ2v) is 10.9. The van der Waals surface area contributed by atoms with Gasteiger partial charge in [-0.05, 0) is 93.4 Å². The maximum absolute atomic E-state index is 14.0. The average molecular weight is 542 g/mol. The van der Waals surface area contributed by atoms with Crippen LogP contribution in [0.2, 0.25) is 0 Å². The van der Waals surface area contributed by atoms with E-state index in [-0.39, 0.29) is 23.9 Å². The molecular formula is C33H43N5O2. The first-order valence-electron chi connectivity index (χ1n) is 14.1. The van der Waals surface area contributed by atoms with E-state index in [9.17, 15) is 9.59 Å². The van der Waals surface area contributed by atoms with Crippen LogP contribution in [0.15, 0.2) is 66.7 Å². The van der Waals surface area contributed by atoms with Gasteiger partial charge in [0.1, 0.15) is 0 Å². The Balaban J connectivity index is 1.78. The summed E-state index contributed by atoms with van der Waals surface area (Å²) in [6.45, 7) is 9.84. The molecule has 1 aliphatic heterocycles. The highest BCUT2D eigenvalue weighted by Gasteiger charge is 2.38. The molecule has 0 unspecified atom stereocenters. The van der Waals surface area contributed by atoms with Gasteiger partial charge in [-0.2, -0.15) is 0 Å². The van der Waals surface area contributed by atoms with E-state index in [4.69, 9.17) is 0 Å². The highest BCUT2D eigenvalue weighted by Crippen LogP contribution is 2.44. The predicted octanol–water partition coefficient (Wildman–Crippen LogP) is 6.20. The summed E-state index contributed by atoms with van der Waals surface area (Å²) in [6.07, 6.45) is 0.632. The third kappa shape index (κ3) is 5.64. The first-order valence-corrected chi connectivity index (χ1v) is 14.1. The van der Waals surface area contributed by atoms with Crippen molar-refractivity contribution >= 4 is 40.3 Å². The van der Waals surface area contributed by atoms with Crippen LogP contribution in [-0.4, -0.2) is 59.1 Å². The van der Waals surface area contributed by atoms with Crippen molar-refractivity contribution in [2.45, 2.75) is 46.2 Å². The SMILES string of the molecule is CCN(CC)c1ccc(N(C(C)=O)[C@@H]2C[C@H](C)N(C(=O)c3ccc(N(C)C)cc3)c3cc(N(C)C)ccc32)cc1. The van der Waals surface area contributed by atoms with E-state index < -0.39 is 0 Å². The molecule has 1 aliphatic rings. The van der Waals surface area contributed by atoms with Crippen molar-refractivity contribution in [3.8, 4) is 0 Å². The first-order chi connectivity index (χ1) is 19.1. The van der Waals surface area contributed by atoms with Gasteiger partial charge in [-0.3, -0.25) is 9.59 Å². The number of carbonyl (C=O) groups is 2. The molecule has 40 heavy (non-hydrogen) atoms. The van der Waals surface area contributed by atoms with E-state index in [2.05, 4.69) is 56.0 Å². The zero-order valence-corrected chi connectivity index (χ0v) is 25.2. The number of benzene rings is 3. The molecule has 0 N–H and O–H groups in total. The molecule has 2 amide bonds. The van der Waals surface area contributed by atoms with Gasteiger partial charge in [0.25, 0.3) is 5.91 Å². The number of anilines is 5. The van der Waals surface area contributed by atoms with Gasteiger partial charge in [-0.15, -0.1) is 0 Å². The zero-order valence-electron chi connectivity index (χ0n) is 25.2. The van der Waals surface area contributed by atoms with E-state index in [1.165, 1.54) is 0 Å². The Bertz CT molecular complexity index is 1330. The highest BCUT2D eigenvalue weighted by atomic mass is 16.2. The van der Waals surface area contributed by atoms with E-state index in [0.29, 0.717) is 12.0 Å². The fourth-order valence-electron chi connectivity index (χ4n) is 5.68. The van der Waals surface area contributed by atoms with Crippen LogP contribution in [0.4, 0.5) is 28.4 Å². The normalized spacial score (nSPS) is 16.2. The van der Waals surface area contributed by atoms with Crippen LogP contribution in [-0.2, 0) is 4.79 Å². The largest absolute Gasteiger partial charge is 0.378 e. The zero-order chi connectivity index (χ0) is 29.1. The minimum Gasteiger partial charge on any atom is -0.378 e. The fourth-order valence-corrected chi connectivity index (χ4v) is 5.68. The van der Waals surface area contributed by atoms with E-state index >= 15 is 0 Å². The summed E-state index contributed by atoms with van der Waals surface area (Å²) >= 11 is 0. The summed E-state index contributed by atoms with van der Waals surface area (Å²) in [5.41, 5.74) is 6.53. The molecule has 0 spiro atoms. The molecule has 0 bridgehead atoms. The van der Waals surface area contributed by atoms with Gasteiger partial charge < -0.3 is 24.5 Å². The molecular weight excluding hydrogens is 498 g/mol. The van der Waals surface area contributed by atoms with Crippen LogP contribution < -0.4 is 24.5 Å². The minimum atomic E-state index is -0.196. The van der Waals surface area contributed by atoms with E-state index in [1.54, 1.807) is 6.92 Å². The van der Waals surface area contributed by atoms with Crippen molar-refractivity contribution in [1.29, 1.82) is 0 Å². The van der Waals surface area contributed by atoms with E-state index in [1.807, 2.05) is 84.2 Å². The van der Waals surface area contributed by atoms with Gasteiger partial charge in [0.15, 0.2) is 0 Å². The lowest BCUT2D eigenvalue weighted by atomic mass is 9.89. The van der Waals surface area contributed by atoms with Gasteiger partial charge in [-0.25, -0.2) is 0 Å². The molecule has 0 saturated carbocycles. The molecule has 4 rings (SSSR count).